The molecule has 1 unspecified atom stereocenters. The molecule has 0 bridgehead atoms. The molecule has 22 heavy (non-hydrogen) atoms. The Bertz CT molecular complexity index is 612. The van der Waals surface area contributed by atoms with Gasteiger partial charge in [-0.05, 0) is 32.9 Å². The maximum absolute atomic E-state index is 11.8. The summed E-state index contributed by atoms with van der Waals surface area (Å²) in [6, 6.07) is 3.62. The van der Waals surface area contributed by atoms with Crippen molar-refractivity contribution >= 4 is 29.5 Å². The van der Waals surface area contributed by atoms with Crippen molar-refractivity contribution in [3.63, 3.8) is 0 Å². The molecule has 0 radical (unpaired) electrons. The minimum absolute atomic E-state index is 0.413. The fourth-order valence-electron chi connectivity index (χ4n) is 1.48. The van der Waals surface area contributed by atoms with Gasteiger partial charge in [0, 0.05) is 30.6 Å². The lowest BCUT2D eigenvalue weighted by Crippen LogP contribution is -2.34. The number of ether oxygens (including phenoxy) is 1. The quantitative estimate of drug-likeness (QED) is 0.376. The Balaban J connectivity index is 2.80. The molecule has 0 aliphatic carbocycles. The zero-order valence-corrected chi connectivity index (χ0v) is 13.8. The lowest BCUT2D eigenvalue weighted by Gasteiger charge is -2.13. The second-order valence-electron chi connectivity index (χ2n) is 4.63. The number of nitrogens with zero attached hydrogens (tertiary/aromatic N) is 2. The molecular weight excluding hydrogens is 302 g/mol. The van der Waals surface area contributed by atoms with E-state index >= 15 is 0 Å². The third kappa shape index (κ3) is 5.69. The van der Waals surface area contributed by atoms with Crippen molar-refractivity contribution in [1.82, 2.24) is 10.3 Å². The standard InChI is InChI=1S/C15H19N3O3S/c1-9(17-14(20)11(3)21-12(4)19)10(2)18-15(22)13-6-5-7-16-8-13/h5-8,11H,1-4H3,(H,17,20)(H,18,22)/b10-9+. The highest BCUT2D eigenvalue weighted by Gasteiger charge is 2.16. The lowest BCUT2D eigenvalue weighted by atomic mass is 10.3. The summed E-state index contributed by atoms with van der Waals surface area (Å²) in [5, 5.41) is 3.14. The van der Waals surface area contributed by atoms with E-state index in [9.17, 15) is 9.59 Å². The van der Waals surface area contributed by atoms with Crippen LogP contribution in [0.25, 0.3) is 0 Å². The molecule has 0 aliphatic heterocycles. The molecule has 0 aliphatic rings. The van der Waals surface area contributed by atoms with Crippen LogP contribution in [-0.4, -0.2) is 28.0 Å². The summed E-state index contributed by atoms with van der Waals surface area (Å²) in [4.78, 5) is 31.0. The average Bonchev–Trinajstić information content (AvgIpc) is 2.47. The zero-order chi connectivity index (χ0) is 16.7. The van der Waals surface area contributed by atoms with E-state index in [-0.39, 0.29) is 0 Å². The Hall–Kier alpha value is -2.15. The van der Waals surface area contributed by atoms with Crippen molar-refractivity contribution < 1.29 is 14.3 Å². The van der Waals surface area contributed by atoms with Gasteiger partial charge >= 0.3 is 5.97 Å². The number of thiol groups is 1. The van der Waals surface area contributed by atoms with E-state index in [1.165, 1.54) is 13.8 Å². The molecular formula is C15H19N3O3S. The van der Waals surface area contributed by atoms with Gasteiger partial charge in [0.1, 0.15) is 5.04 Å². The monoisotopic (exact) mass is 321 g/mol. The largest absolute Gasteiger partial charge is 0.453 e. The number of amides is 1. The fourth-order valence-corrected chi connectivity index (χ4v) is 1.76. The number of carbonyl (C=O) groups is 2. The number of hydrogen-bond acceptors (Lipinski definition) is 5. The Morgan fingerprint density at radius 3 is 2.59 bits per heavy atom. The third-order valence-electron chi connectivity index (χ3n) is 2.76. The van der Waals surface area contributed by atoms with Gasteiger partial charge in [-0.25, -0.2) is 4.99 Å². The van der Waals surface area contributed by atoms with Crippen molar-refractivity contribution in [3.8, 4) is 0 Å². The van der Waals surface area contributed by atoms with Crippen LogP contribution in [0.4, 0.5) is 0 Å². The topological polar surface area (TPSA) is 80.7 Å². The van der Waals surface area contributed by atoms with Gasteiger partial charge in [-0.1, -0.05) is 0 Å². The van der Waals surface area contributed by atoms with E-state index in [2.05, 4.69) is 27.9 Å². The molecule has 1 N–H and O–H groups in total. The van der Waals surface area contributed by atoms with Crippen LogP contribution >= 0.6 is 12.6 Å². The zero-order valence-electron chi connectivity index (χ0n) is 13.0. The number of nitrogens with one attached hydrogen (secondary N) is 1. The van der Waals surface area contributed by atoms with E-state index in [4.69, 9.17) is 4.74 Å². The Morgan fingerprint density at radius 1 is 1.36 bits per heavy atom. The van der Waals surface area contributed by atoms with E-state index in [1.54, 1.807) is 32.3 Å². The Kier molecular flexibility index (Phi) is 6.78. The first kappa shape index (κ1) is 17.9. The number of carbonyl (C=O) groups excluding carboxylic acids is 2. The first-order valence-electron chi connectivity index (χ1n) is 6.65. The molecule has 0 spiro atoms. The summed E-state index contributed by atoms with van der Waals surface area (Å²) >= 11 is 4.32. The van der Waals surface area contributed by atoms with Gasteiger partial charge in [0.25, 0.3) is 5.91 Å². The van der Waals surface area contributed by atoms with E-state index < -0.39 is 18.0 Å². The highest BCUT2D eigenvalue weighted by Crippen LogP contribution is 2.09. The fraction of sp³-hybridized carbons (Fsp3) is 0.333. The highest BCUT2D eigenvalue weighted by atomic mass is 32.1. The summed E-state index contributed by atoms with van der Waals surface area (Å²) < 4.78 is 4.81. The number of hydrogen-bond donors (Lipinski definition) is 2. The first-order valence-corrected chi connectivity index (χ1v) is 7.09. The summed E-state index contributed by atoms with van der Waals surface area (Å²) in [6.45, 7) is 6.21. The molecule has 1 aromatic rings. The van der Waals surface area contributed by atoms with Gasteiger partial charge in [0.15, 0.2) is 6.10 Å². The van der Waals surface area contributed by atoms with Crippen molar-refractivity contribution in [2.45, 2.75) is 33.8 Å². The summed E-state index contributed by atoms with van der Waals surface area (Å²) in [6.07, 6.45) is 2.45. The van der Waals surface area contributed by atoms with Crippen LogP contribution in [0.15, 0.2) is 40.9 Å². The molecule has 7 heteroatoms. The van der Waals surface area contributed by atoms with Crippen LogP contribution in [-0.2, 0) is 14.3 Å². The normalized spacial score (nSPS) is 14.0. The van der Waals surface area contributed by atoms with Crippen molar-refractivity contribution in [3.05, 3.63) is 41.5 Å². The molecule has 0 saturated heterocycles. The average molecular weight is 321 g/mol. The summed E-state index contributed by atoms with van der Waals surface area (Å²) in [5.74, 6) is -0.919. The van der Waals surface area contributed by atoms with E-state index in [1.807, 2.05) is 6.07 Å². The van der Waals surface area contributed by atoms with Gasteiger partial charge in [0.2, 0.25) is 0 Å². The second kappa shape index (κ2) is 8.33. The Labute approximate surface area is 135 Å². The predicted octanol–water partition coefficient (Wildman–Crippen LogP) is 2.08. The Morgan fingerprint density at radius 2 is 2.05 bits per heavy atom. The number of allylic oxidation sites excluding steroid dienone is 2. The van der Waals surface area contributed by atoms with Gasteiger partial charge < -0.3 is 10.1 Å². The van der Waals surface area contributed by atoms with Crippen molar-refractivity contribution in [2.24, 2.45) is 4.99 Å². The van der Waals surface area contributed by atoms with Gasteiger partial charge in [-0.3, -0.25) is 14.6 Å². The molecule has 1 aromatic heterocycles. The maximum atomic E-state index is 11.8. The number of rotatable bonds is 5. The van der Waals surface area contributed by atoms with E-state index in [0.29, 0.717) is 16.4 Å². The molecule has 118 valence electrons. The van der Waals surface area contributed by atoms with Gasteiger partial charge in [0.05, 0.1) is 5.70 Å². The second-order valence-corrected chi connectivity index (χ2v) is 5.05. The molecule has 1 atom stereocenters. The molecule has 1 amide bonds. The van der Waals surface area contributed by atoms with Gasteiger partial charge in [-0.15, -0.1) is 12.6 Å². The first-order chi connectivity index (χ1) is 10.3. The summed E-state index contributed by atoms with van der Waals surface area (Å²) in [5.41, 5.74) is 1.93. The van der Waals surface area contributed by atoms with Crippen molar-refractivity contribution in [2.75, 3.05) is 0 Å². The number of aliphatic imine (C=N–C) groups is 1. The van der Waals surface area contributed by atoms with Gasteiger partial charge in [-0.2, -0.15) is 0 Å². The lowest BCUT2D eigenvalue weighted by molar-refractivity contribution is -0.152. The molecule has 0 fully saturated rings. The SMILES string of the molecule is CC(=O)OC(C)C(=O)N/C(C)=C(C)/N=C(\S)c1cccnc1. The van der Waals surface area contributed by atoms with Crippen LogP contribution in [0.3, 0.4) is 0 Å². The summed E-state index contributed by atoms with van der Waals surface area (Å²) in [7, 11) is 0. The maximum Gasteiger partial charge on any atom is 0.303 e. The minimum atomic E-state index is -0.863. The third-order valence-corrected chi connectivity index (χ3v) is 3.12. The molecule has 1 heterocycles. The number of esters is 1. The van der Waals surface area contributed by atoms with Crippen LogP contribution in [0.1, 0.15) is 33.3 Å². The van der Waals surface area contributed by atoms with E-state index in [0.717, 1.165) is 5.56 Å². The van der Waals surface area contributed by atoms with Crippen LogP contribution in [0.2, 0.25) is 0 Å². The molecule has 1 rings (SSSR count). The molecule has 0 aromatic carbocycles. The van der Waals surface area contributed by atoms with Crippen LogP contribution in [0, 0.1) is 0 Å². The van der Waals surface area contributed by atoms with Crippen LogP contribution in [0.5, 0.6) is 0 Å². The molecule has 0 saturated carbocycles. The van der Waals surface area contributed by atoms with Crippen LogP contribution < -0.4 is 5.32 Å². The number of pyridine rings is 1. The predicted molar refractivity (Wildman–Crippen MR) is 87.5 cm³/mol. The van der Waals surface area contributed by atoms with Crippen molar-refractivity contribution in [1.29, 1.82) is 0 Å². The minimum Gasteiger partial charge on any atom is -0.453 e. The smallest absolute Gasteiger partial charge is 0.303 e. The highest BCUT2D eigenvalue weighted by molar-refractivity contribution is 7.97. The molecule has 6 nitrogen and oxygen atoms in total. The number of aromatic nitrogens is 1.